The Morgan fingerprint density at radius 3 is 2.39 bits per heavy atom. The van der Waals surface area contributed by atoms with Crippen LogP contribution in [0, 0.1) is 5.82 Å². The summed E-state index contributed by atoms with van der Waals surface area (Å²) < 4.78 is 17.0. The van der Waals surface area contributed by atoms with Gasteiger partial charge in [0, 0.05) is 18.1 Å². The van der Waals surface area contributed by atoms with Gasteiger partial charge < -0.3 is 10.4 Å². The van der Waals surface area contributed by atoms with E-state index < -0.39 is 11.4 Å². The van der Waals surface area contributed by atoms with Gasteiger partial charge in [0.2, 0.25) is 5.91 Å². The molecular formula is C26H29FN4O4S. The number of amides is 1. The van der Waals surface area contributed by atoms with E-state index in [2.05, 4.69) is 10.3 Å². The normalized spacial score (nSPS) is 20.9. The van der Waals surface area contributed by atoms with Crippen LogP contribution in [0.15, 0.2) is 46.1 Å². The third-order valence-corrected chi connectivity index (χ3v) is 8.26. The van der Waals surface area contributed by atoms with Crippen LogP contribution in [0.4, 0.5) is 4.39 Å². The number of hydrogen-bond donors (Lipinski definition) is 2. The van der Waals surface area contributed by atoms with Gasteiger partial charge in [-0.1, -0.05) is 12.1 Å². The molecule has 1 aromatic carbocycles. The quantitative estimate of drug-likeness (QED) is 0.543. The summed E-state index contributed by atoms with van der Waals surface area (Å²) in [5, 5.41) is 12.6. The molecule has 1 saturated heterocycles. The van der Waals surface area contributed by atoms with Crippen LogP contribution in [-0.2, 0) is 11.2 Å². The molecule has 10 heteroatoms. The third kappa shape index (κ3) is 5.04. The summed E-state index contributed by atoms with van der Waals surface area (Å²) in [6, 6.07) is 7.29. The Morgan fingerprint density at radius 2 is 1.69 bits per heavy atom. The van der Waals surface area contributed by atoms with Crippen LogP contribution in [0.5, 0.6) is 5.75 Å². The molecule has 0 spiro atoms. The zero-order chi connectivity index (χ0) is 25.2. The Bertz CT molecular complexity index is 1370. The van der Waals surface area contributed by atoms with E-state index in [1.807, 2.05) is 11.8 Å². The second-order valence-electron chi connectivity index (χ2n) is 9.61. The van der Waals surface area contributed by atoms with Crippen molar-refractivity contribution in [2.75, 3.05) is 11.5 Å². The van der Waals surface area contributed by atoms with Crippen LogP contribution in [0.1, 0.15) is 56.2 Å². The molecule has 0 radical (unpaired) electrons. The number of aromatic nitrogens is 3. The summed E-state index contributed by atoms with van der Waals surface area (Å²) in [7, 11) is 0. The van der Waals surface area contributed by atoms with Gasteiger partial charge in [0.05, 0.1) is 18.0 Å². The van der Waals surface area contributed by atoms with Gasteiger partial charge in [0.15, 0.2) is 0 Å². The fourth-order valence-electron chi connectivity index (χ4n) is 5.36. The molecule has 3 heterocycles. The minimum absolute atomic E-state index is 0.0428. The highest BCUT2D eigenvalue weighted by Gasteiger charge is 2.29. The van der Waals surface area contributed by atoms with Crippen molar-refractivity contribution in [1.82, 2.24) is 19.4 Å². The molecule has 1 amide bonds. The lowest BCUT2D eigenvalue weighted by Gasteiger charge is -2.31. The van der Waals surface area contributed by atoms with Gasteiger partial charge in [-0.05, 0) is 73.8 Å². The fraction of sp³-hybridized carbons (Fsp3) is 0.462. The number of fused-ring (bicyclic) bond motifs is 1. The molecule has 5 rings (SSSR count). The van der Waals surface area contributed by atoms with Crippen molar-refractivity contribution < 1.29 is 14.3 Å². The van der Waals surface area contributed by atoms with Crippen molar-refractivity contribution in [2.45, 2.75) is 63.1 Å². The fourth-order valence-corrected chi connectivity index (χ4v) is 6.44. The van der Waals surface area contributed by atoms with Crippen LogP contribution in [0.25, 0.3) is 11.0 Å². The Kier molecular flexibility index (Phi) is 7.13. The molecule has 0 unspecified atom stereocenters. The number of thioether (sulfide) groups is 1. The number of nitrogens with zero attached hydrogens (tertiary/aromatic N) is 3. The predicted octanol–water partition coefficient (Wildman–Crippen LogP) is 3.31. The lowest BCUT2D eigenvalue weighted by Crippen LogP contribution is -2.46. The molecule has 1 aliphatic heterocycles. The molecule has 2 aliphatic rings. The van der Waals surface area contributed by atoms with E-state index in [9.17, 15) is 23.9 Å². The van der Waals surface area contributed by atoms with E-state index in [1.165, 1.54) is 10.6 Å². The average molecular weight is 513 g/mol. The Morgan fingerprint density at radius 1 is 1.03 bits per heavy atom. The minimum Gasteiger partial charge on any atom is -0.508 e. The second-order valence-corrected chi connectivity index (χ2v) is 10.8. The average Bonchev–Trinajstić information content (AvgIpc) is 2.87. The smallest absolute Gasteiger partial charge is 0.333 e. The predicted molar refractivity (Wildman–Crippen MR) is 137 cm³/mol. The van der Waals surface area contributed by atoms with Crippen molar-refractivity contribution in [2.24, 2.45) is 0 Å². The number of pyridine rings is 1. The molecule has 0 bridgehead atoms. The highest BCUT2D eigenvalue weighted by atomic mass is 32.2. The SMILES string of the molecule is O=C(Cc1ccc(O)cc1)NC1CCC(n2c(=O)c3cc(F)cnc3n(C3CCSCC3)c2=O)CC1. The first-order valence-corrected chi connectivity index (χ1v) is 13.5. The van der Waals surface area contributed by atoms with Crippen molar-refractivity contribution in [1.29, 1.82) is 0 Å². The van der Waals surface area contributed by atoms with Gasteiger partial charge in [0.1, 0.15) is 17.2 Å². The van der Waals surface area contributed by atoms with Crippen LogP contribution >= 0.6 is 11.8 Å². The van der Waals surface area contributed by atoms with Crippen LogP contribution in [0.2, 0.25) is 0 Å². The number of phenols is 1. The largest absolute Gasteiger partial charge is 0.508 e. The molecule has 8 nitrogen and oxygen atoms in total. The standard InChI is InChI=1S/C26H29FN4O4S/c27-17-14-22-24(28-15-17)30(20-9-11-36-12-10-20)26(35)31(25(22)34)19-5-3-18(4-6-19)29-23(33)13-16-1-7-21(32)8-2-16/h1-2,7-8,14-15,18-20,32H,3-6,9-13H2,(H,29,33). The van der Waals surface area contributed by atoms with E-state index in [1.54, 1.807) is 28.8 Å². The maximum Gasteiger partial charge on any atom is 0.333 e. The van der Waals surface area contributed by atoms with E-state index >= 15 is 0 Å². The second kappa shape index (κ2) is 10.5. The van der Waals surface area contributed by atoms with Gasteiger partial charge in [-0.2, -0.15) is 11.8 Å². The summed E-state index contributed by atoms with van der Waals surface area (Å²) in [5.74, 6) is 1.30. The molecule has 2 fully saturated rings. The number of benzene rings is 1. The maximum absolute atomic E-state index is 14.1. The number of nitrogens with one attached hydrogen (secondary N) is 1. The van der Waals surface area contributed by atoms with Crippen LogP contribution < -0.4 is 16.6 Å². The van der Waals surface area contributed by atoms with E-state index in [-0.39, 0.29) is 52.9 Å². The van der Waals surface area contributed by atoms with Gasteiger partial charge >= 0.3 is 5.69 Å². The van der Waals surface area contributed by atoms with E-state index in [4.69, 9.17) is 0 Å². The molecule has 3 aromatic rings. The summed E-state index contributed by atoms with van der Waals surface area (Å²) in [4.78, 5) is 43.7. The third-order valence-electron chi connectivity index (χ3n) is 7.21. The summed E-state index contributed by atoms with van der Waals surface area (Å²) >= 11 is 1.84. The molecule has 1 aliphatic carbocycles. The number of hydrogen-bond acceptors (Lipinski definition) is 6. The number of carbonyl (C=O) groups is 1. The van der Waals surface area contributed by atoms with E-state index in [0.29, 0.717) is 25.7 Å². The lowest BCUT2D eigenvalue weighted by molar-refractivity contribution is -0.121. The monoisotopic (exact) mass is 512 g/mol. The summed E-state index contributed by atoms with van der Waals surface area (Å²) in [6.07, 6.45) is 5.28. The van der Waals surface area contributed by atoms with Gasteiger partial charge in [0.25, 0.3) is 5.56 Å². The van der Waals surface area contributed by atoms with Gasteiger partial charge in [-0.15, -0.1) is 0 Å². The van der Waals surface area contributed by atoms with Crippen molar-refractivity contribution >= 4 is 28.7 Å². The zero-order valence-electron chi connectivity index (χ0n) is 19.9. The minimum atomic E-state index is -0.601. The maximum atomic E-state index is 14.1. The van der Waals surface area contributed by atoms with Crippen molar-refractivity contribution in [3.05, 3.63) is 68.7 Å². The number of carbonyl (C=O) groups excluding carboxylic acids is 1. The van der Waals surface area contributed by atoms with E-state index in [0.717, 1.165) is 36.1 Å². The number of halogens is 1. The number of rotatable bonds is 5. The molecule has 2 aromatic heterocycles. The molecule has 1 saturated carbocycles. The molecule has 0 atom stereocenters. The Labute approximate surface area is 211 Å². The topological polar surface area (TPSA) is 106 Å². The highest BCUT2D eigenvalue weighted by molar-refractivity contribution is 7.99. The summed E-state index contributed by atoms with van der Waals surface area (Å²) in [6.45, 7) is 0. The first-order valence-electron chi connectivity index (χ1n) is 12.4. The molecular weight excluding hydrogens is 483 g/mol. The highest BCUT2D eigenvalue weighted by Crippen LogP contribution is 2.30. The van der Waals surface area contributed by atoms with Gasteiger partial charge in [-0.25, -0.2) is 14.2 Å². The lowest BCUT2D eigenvalue weighted by atomic mass is 9.90. The van der Waals surface area contributed by atoms with Crippen molar-refractivity contribution in [3.63, 3.8) is 0 Å². The molecule has 36 heavy (non-hydrogen) atoms. The first kappa shape index (κ1) is 24.5. The number of aromatic hydroxyl groups is 1. The first-order chi connectivity index (χ1) is 17.4. The van der Waals surface area contributed by atoms with Gasteiger partial charge in [-0.3, -0.25) is 18.7 Å². The Hall–Kier alpha value is -3.14. The van der Waals surface area contributed by atoms with Crippen LogP contribution in [0.3, 0.4) is 0 Å². The van der Waals surface area contributed by atoms with Crippen molar-refractivity contribution in [3.8, 4) is 5.75 Å². The Balaban J connectivity index is 1.36. The summed E-state index contributed by atoms with van der Waals surface area (Å²) in [5.41, 5.74) is 0.200. The number of phenolic OH excluding ortho intramolecular Hbond substituents is 1. The van der Waals surface area contributed by atoms with Crippen LogP contribution in [-0.4, -0.2) is 42.7 Å². The zero-order valence-corrected chi connectivity index (χ0v) is 20.7. The molecule has 190 valence electrons. The molecule has 2 N–H and O–H groups in total.